The summed E-state index contributed by atoms with van der Waals surface area (Å²) in [5.41, 5.74) is 0.840. The first-order valence-corrected chi connectivity index (χ1v) is 8.58. The van der Waals surface area contributed by atoms with Gasteiger partial charge in [-0.1, -0.05) is 12.1 Å². The number of nitrogens with one attached hydrogen (secondary N) is 1. The van der Waals surface area contributed by atoms with E-state index in [1.165, 1.54) is 12.1 Å². The minimum absolute atomic E-state index is 0. The normalized spacial score (nSPS) is 15.5. The lowest BCUT2D eigenvalue weighted by molar-refractivity contribution is -0.149. The zero-order chi connectivity index (χ0) is 17.4. The summed E-state index contributed by atoms with van der Waals surface area (Å²) >= 11 is 0. The Balaban J connectivity index is 0.00000312. The van der Waals surface area contributed by atoms with E-state index >= 15 is 0 Å². The number of nitrogens with zero attached hydrogens (tertiary/aromatic N) is 2. The van der Waals surface area contributed by atoms with Crippen LogP contribution in [0.3, 0.4) is 0 Å². The molecule has 25 heavy (non-hydrogen) atoms. The SMILES string of the molecule is CCNC(=NCc1cccc(F)c1)N1CCC(C(=O)OCC)CC1.I. The van der Waals surface area contributed by atoms with Crippen molar-refractivity contribution in [3.05, 3.63) is 35.6 Å². The van der Waals surface area contributed by atoms with Gasteiger partial charge >= 0.3 is 5.97 Å². The van der Waals surface area contributed by atoms with Gasteiger partial charge in [-0.15, -0.1) is 24.0 Å². The van der Waals surface area contributed by atoms with Crippen LogP contribution in [0.1, 0.15) is 32.3 Å². The molecule has 0 aliphatic carbocycles. The van der Waals surface area contributed by atoms with Crippen LogP contribution in [0.25, 0.3) is 0 Å². The quantitative estimate of drug-likeness (QED) is 0.316. The van der Waals surface area contributed by atoms with Crippen molar-refractivity contribution in [1.82, 2.24) is 10.2 Å². The molecule has 5 nitrogen and oxygen atoms in total. The van der Waals surface area contributed by atoms with Crippen molar-refractivity contribution in [1.29, 1.82) is 0 Å². The summed E-state index contributed by atoms with van der Waals surface area (Å²) in [5, 5.41) is 3.27. The molecule has 1 aliphatic rings. The largest absolute Gasteiger partial charge is 0.466 e. The number of carbonyl (C=O) groups is 1. The van der Waals surface area contributed by atoms with Gasteiger partial charge in [0.1, 0.15) is 5.82 Å². The molecule has 1 aliphatic heterocycles. The zero-order valence-corrected chi connectivity index (χ0v) is 17.2. The predicted molar refractivity (Wildman–Crippen MR) is 108 cm³/mol. The van der Waals surface area contributed by atoms with E-state index in [0.29, 0.717) is 13.2 Å². The van der Waals surface area contributed by atoms with Gasteiger partial charge in [0.2, 0.25) is 0 Å². The topological polar surface area (TPSA) is 53.9 Å². The van der Waals surface area contributed by atoms with Gasteiger partial charge in [0.25, 0.3) is 0 Å². The standard InChI is InChI=1S/C18H26FN3O2.HI/c1-3-20-18(21-13-14-6-5-7-16(19)12-14)22-10-8-15(9-11-22)17(23)24-4-2;/h5-7,12,15H,3-4,8-11,13H2,1-2H3,(H,20,21);1H. The Bertz CT molecular complexity index is 575. The minimum atomic E-state index is -0.247. The summed E-state index contributed by atoms with van der Waals surface area (Å²) < 4.78 is 18.4. The second-order valence-electron chi connectivity index (χ2n) is 5.81. The molecule has 1 aromatic rings. The van der Waals surface area contributed by atoms with Gasteiger partial charge in [-0.25, -0.2) is 9.38 Å². The van der Waals surface area contributed by atoms with Crippen LogP contribution in [0.2, 0.25) is 0 Å². The highest BCUT2D eigenvalue weighted by atomic mass is 127. The Kier molecular flexibility index (Phi) is 9.77. The molecule has 1 saturated heterocycles. The number of benzene rings is 1. The summed E-state index contributed by atoms with van der Waals surface area (Å²) in [7, 11) is 0. The number of carbonyl (C=O) groups excluding carboxylic acids is 1. The second kappa shape index (κ2) is 11.3. The summed E-state index contributed by atoms with van der Waals surface area (Å²) in [4.78, 5) is 18.6. The van der Waals surface area contributed by atoms with Crippen LogP contribution in [-0.4, -0.2) is 43.1 Å². The Morgan fingerprint density at radius 2 is 2.08 bits per heavy atom. The van der Waals surface area contributed by atoms with Crippen LogP contribution in [0.5, 0.6) is 0 Å². The fourth-order valence-electron chi connectivity index (χ4n) is 2.81. The van der Waals surface area contributed by atoms with Gasteiger partial charge in [-0.2, -0.15) is 0 Å². The molecule has 0 atom stereocenters. The average molecular weight is 463 g/mol. The molecule has 0 spiro atoms. The van der Waals surface area contributed by atoms with Crippen molar-refractivity contribution in [3.63, 3.8) is 0 Å². The highest BCUT2D eigenvalue weighted by Crippen LogP contribution is 2.19. The lowest BCUT2D eigenvalue weighted by Crippen LogP contribution is -2.46. The molecule has 0 radical (unpaired) electrons. The maximum absolute atomic E-state index is 13.3. The van der Waals surface area contributed by atoms with Crippen molar-refractivity contribution < 1.29 is 13.9 Å². The number of aliphatic imine (C=N–C) groups is 1. The summed E-state index contributed by atoms with van der Waals surface area (Å²) in [6.07, 6.45) is 1.53. The minimum Gasteiger partial charge on any atom is -0.466 e. The van der Waals surface area contributed by atoms with Gasteiger partial charge in [-0.05, 0) is 44.4 Å². The monoisotopic (exact) mass is 463 g/mol. The van der Waals surface area contributed by atoms with Gasteiger partial charge in [0.05, 0.1) is 19.1 Å². The Morgan fingerprint density at radius 1 is 1.36 bits per heavy atom. The molecule has 1 fully saturated rings. The van der Waals surface area contributed by atoms with Gasteiger partial charge in [0.15, 0.2) is 5.96 Å². The molecule has 0 saturated carbocycles. The first kappa shape index (κ1) is 21.7. The molecule has 0 amide bonds. The summed E-state index contributed by atoms with van der Waals surface area (Å²) in [6, 6.07) is 6.49. The van der Waals surface area contributed by atoms with E-state index in [9.17, 15) is 9.18 Å². The van der Waals surface area contributed by atoms with Crippen LogP contribution in [0.15, 0.2) is 29.3 Å². The lowest BCUT2D eigenvalue weighted by atomic mass is 9.97. The summed E-state index contributed by atoms with van der Waals surface area (Å²) in [5.74, 6) is 0.443. The molecule has 2 rings (SSSR count). The predicted octanol–water partition coefficient (Wildman–Crippen LogP) is 3.18. The third-order valence-electron chi connectivity index (χ3n) is 4.05. The molecule has 1 aromatic carbocycles. The molecule has 140 valence electrons. The number of hydrogen-bond acceptors (Lipinski definition) is 3. The van der Waals surface area contributed by atoms with E-state index in [0.717, 1.165) is 44.0 Å². The fraction of sp³-hybridized carbons (Fsp3) is 0.556. The lowest BCUT2D eigenvalue weighted by Gasteiger charge is -2.33. The molecule has 0 unspecified atom stereocenters. The Labute approximate surface area is 166 Å². The third kappa shape index (κ3) is 6.80. The number of piperidine rings is 1. The first-order chi connectivity index (χ1) is 11.6. The molecule has 0 aromatic heterocycles. The second-order valence-corrected chi connectivity index (χ2v) is 5.81. The van der Waals surface area contributed by atoms with Gasteiger partial charge in [0, 0.05) is 19.6 Å². The Hall–Kier alpha value is -1.38. The van der Waals surface area contributed by atoms with E-state index in [4.69, 9.17) is 4.74 Å². The number of hydrogen-bond donors (Lipinski definition) is 1. The van der Waals surface area contributed by atoms with E-state index < -0.39 is 0 Å². The first-order valence-electron chi connectivity index (χ1n) is 8.58. The van der Waals surface area contributed by atoms with Crippen LogP contribution < -0.4 is 5.32 Å². The Morgan fingerprint density at radius 3 is 2.68 bits per heavy atom. The average Bonchev–Trinajstić information content (AvgIpc) is 2.59. The molecule has 1 N–H and O–H groups in total. The van der Waals surface area contributed by atoms with Crippen molar-refractivity contribution >= 4 is 35.9 Å². The number of guanidine groups is 1. The molecule has 7 heteroatoms. The van der Waals surface area contributed by atoms with Crippen molar-refractivity contribution in [2.75, 3.05) is 26.2 Å². The highest BCUT2D eigenvalue weighted by molar-refractivity contribution is 14.0. The zero-order valence-electron chi connectivity index (χ0n) is 14.8. The van der Waals surface area contributed by atoms with E-state index in [2.05, 4.69) is 15.2 Å². The number of rotatable bonds is 5. The number of likely N-dealkylation sites (tertiary alicyclic amines) is 1. The smallest absolute Gasteiger partial charge is 0.309 e. The van der Waals surface area contributed by atoms with Crippen molar-refractivity contribution in [2.45, 2.75) is 33.2 Å². The van der Waals surface area contributed by atoms with Crippen molar-refractivity contribution in [2.24, 2.45) is 10.9 Å². The van der Waals surface area contributed by atoms with Gasteiger partial charge < -0.3 is 15.0 Å². The third-order valence-corrected chi connectivity index (χ3v) is 4.05. The van der Waals surface area contributed by atoms with Crippen LogP contribution in [0.4, 0.5) is 4.39 Å². The van der Waals surface area contributed by atoms with E-state index in [1.54, 1.807) is 6.07 Å². The molecule has 0 bridgehead atoms. The van der Waals surface area contributed by atoms with Crippen LogP contribution >= 0.6 is 24.0 Å². The van der Waals surface area contributed by atoms with Crippen LogP contribution in [0, 0.1) is 11.7 Å². The van der Waals surface area contributed by atoms with E-state index in [-0.39, 0.29) is 41.7 Å². The molecule has 1 heterocycles. The number of halogens is 2. The maximum atomic E-state index is 13.3. The maximum Gasteiger partial charge on any atom is 0.309 e. The number of esters is 1. The molecular weight excluding hydrogens is 436 g/mol. The van der Waals surface area contributed by atoms with Crippen molar-refractivity contribution in [3.8, 4) is 0 Å². The van der Waals surface area contributed by atoms with Crippen LogP contribution in [-0.2, 0) is 16.1 Å². The fourth-order valence-corrected chi connectivity index (χ4v) is 2.81. The van der Waals surface area contributed by atoms with E-state index in [1.807, 2.05) is 19.9 Å². The summed E-state index contributed by atoms with van der Waals surface area (Å²) in [6.45, 7) is 6.99. The highest BCUT2D eigenvalue weighted by Gasteiger charge is 2.27. The molecular formula is C18H27FIN3O2. The van der Waals surface area contributed by atoms with Gasteiger partial charge in [-0.3, -0.25) is 4.79 Å². The number of ether oxygens (including phenoxy) is 1.